The highest BCUT2D eigenvalue weighted by atomic mass is 19.3. The van der Waals surface area contributed by atoms with Crippen molar-refractivity contribution in [2.75, 3.05) is 31.5 Å². The number of rotatable bonds is 7. The van der Waals surface area contributed by atoms with Crippen LogP contribution in [0.4, 0.5) is 18.9 Å². The highest BCUT2D eigenvalue weighted by molar-refractivity contribution is 5.92. The van der Waals surface area contributed by atoms with Gasteiger partial charge in [0.25, 0.3) is 0 Å². The fraction of sp³-hybridized carbons (Fsp3) is 0.600. The molecule has 0 aliphatic carbocycles. The first kappa shape index (κ1) is 22.4. The van der Waals surface area contributed by atoms with Gasteiger partial charge in [-0.2, -0.15) is 8.78 Å². The number of ether oxygens (including phenoxy) is 1. The molecule has 2 aliphatic heterocycles. The molecule has 0 saturated carbocycles. The Morgan fingerprint density at radius 3 is 2.23 bits per heavy atom. The van der Waals surface area contributed by atoms with Gasteiger partial charge in [-0.15, -0.1) is 0 Å². The molecule has 0 radical (unpaired) electrons. The maximum atomic E-state index is 13.6. The predicted octanol–water partition coefficient (Wildman–Crippen LogP) is 2.04. The van der Waals surface area contributed by atoms with Gasteiger partial charge in [-0.25, -0.2) is 4.39 Å². The molecule has 0 unspecified atom stereocenters. The lowest BCUT2D eigenvalue weighted by Crippen LogP contribution is -2.52. The van der Waals surface area contributed by atoms with E-state index in [4.69, 9.17) is 0 Å². The average molecular weight is 428 g/mol. The number of nitrogens with zero attached hydrogens (tertiary/aromatic N) is 2. The summed E-state index contributed by atoms with van der Waals surface area (Å²) in [7, 11) is 0. The summed E-state index contributed by atoms with van der Waals surface area (Å²) in [5.74, 6) is -1.53. The third-order valence-corrected chi connectivity index (χ3v) is 5.06. The van der Waals surface area contributed by atoms with Gasteiger partial charge in [0, 0.05) is 48.5 Å². The number of nitrogens with one attached hydrogen (secondary N) is 2. The second-order valence-corrected chi connectivity index (χ2v) is 8.80. The zero-order valence-electron chi connectivity index (χ0n) is 17.3. The van der Waals surface area contributed by atoms with Crippen LogP contribution >= 0.6 is 0 Å². The fourth-order valence-electron chi connectivity index (χ4n) is 4.05. The number of halogens is 3. The van der Waals surface area contributed by atoms with Crippen molar-refractivity contribution in [2.45, 2.75) is 51.4 Å². The van der Waals surface area contributed by atoms with Crippen LogP contribution in [0.3, 0.4) is 0 Å². The average Bonchev–Trinajstić information content (AvgIpc) is 3.11. The first-order valence-electron chi connectivity index (χ1n) is 9.83. The topological polar surface area (TPSA) is 73.9 Å². The lowest BCUT2D eigenvalue weighted by molar-refractivity contribution is -0.124. The van der Waals surface area contributed by atoms with E-state index in [0.29, 0.717) is 19.6 Å². The number of carbonyl (C=O) groups excluding carboxylic acids is 2. The van der Waals surface area contributed by atoms with Crippen molar-refractivity contribution in [3.05, 3.63) is 24.0 Å². The molecule has 2 heterocycles. The lowest BCUT2D eigenvalue weighted by atomic mass is 10.1. The largest absolute Gasteiger partial charge is 0.435 e. The third-order valence-electron chi connectivity index (χ3n) is 5.06. The minimum absolute atomic E-state index is 0.0210. The number of hydrogen-bond donors (Lipinski definition) is 2. The quantitative estimate of drug-likeness (QED) is 0.696. The van der Waals surface area contributed by atoms with Gasteiger partial charge in [0.1, 0.15) is 11.6 Å². The van der Waals surface area contributed by atoms with E-state index in [1.165, 1.54) is 0 Å². The van der Waals surface area contributed by atoms with E-state index >= 15 is 0 Å². The fourth-order valence-corrected chi connectivity index (χ4v) is 4.05. The van der Waals surface area contributed by atoms with E-state index in [2.05, 4.69) is 20.3 Å². The van der Waals surface area contributed by atoms with Crippen molar-refractivity contribution >= 4 is 17.5 Å². The molecule has 3 rings (SSSR count). The van der Waals surface area contributed by atoms with Crippen LogP contribution in [-0.2, 0) is 9.59 Å². The van der Waals surface area contributed by atoms with Crippen molar-refractivity contribution in [1.29, 1.82) is 0 Å². The van der Waals surface area contributed by atoms with Gasteiger partial charge >= 0.3 is 6.61 Å². The van der Waals surface area contributed by atoms with Gasteiger partial charge < -0.3 is 15.4 Å². The van der Waals surface area contributed by atoms with Gasteiger partial charge in [-0.3, -0.25) is 19.4 Å². The molecule has 10 heteroatoms. The van der Waals surface area contributed by atoms with Crippen LogP contribution in [-0.4, -0.2) is 72.0 Å². The van der Waals surface area contributed by atoms with Gasteiger partial charge in [-0.05, 0) is 33.3 Å². The molecule has 2 N–H and O–H groups in total. The predicted molar refractivity (Wildman–Crippen MR) is 105 cm³/mol. The molecule has 0 spiro atoms. The van der Waals surface area contributed by atoms with E-state index in [1.807, 2.05) is 25.7 Å². The molecule has 2 saturated heterocycles. The molecule has 2 atom stereocenters. The van der Waals surface area contributed by atoms with Crippen LogP contribution in [0.1, 0.15) is 27.2 Å². The van der Waals surface area contributed by atoms with Crippen molar-refractivity contribution in [1.82, 2.24) is 15.1 Å². The SMILES string of the molecule is CC(C)(C)NC(=O)CN1C[C@H]2C[C@@H]1CN2CC(=O)Nc1cc(F)cc(OC(F)F)c1. The second-order valence-electron chi connectivity index (χ2n) is 8.80. The monoisotopic (exact) mass is 428 g/mol. The minimum Gasteiger partial charge on any atom is -0.435 e. The first-order chi connectivity index (χ1) is 14.0. The summed E-state index contributed by atoms with van der Waals surface area (Å²) in [6.45, 7) is 4.50. The van der Waals surface area contributed by atoms with Crippen LogP contribution in [0.15, 0.2) is 18.2 Å². The van der Waals surface area contributed by atoms with E-state index < -0.39 is 12.4 Å². The van der Waals surface area contributed by atoms with E-state index in [0.717, 1.165) is 24.6 Å². The summed E-state index contributed by atoms with van der Waals surface area (Å²) in [5, 5.41) is 5.48. The summed E-state index contributed by atoms with van der Waals surface area (Å²) in [5.41, 5.74) is -0.225. The van der Waals surface area contributed by atoms with Crippen molar-refractivity contribution in [3.8, 4) is 5.75 Å². The standard InChI is InChI=1S/C20H27F3N4O3/c1-20(2,3)25-18(29)11-27-9-14-7-15(27)8-26(14)10-17(28)24-13-4-12(21)5-16(6-13)30-19(22)23/h4-6,14-15,19H,7-11H2,1-3H3,(H,24,28)(H,25,29)/t14-,15-/m1/s1. The number of amides is 2. The summed E-state index contributed by atoms with van der Waals surface area (Å²) in [4.78, 5) is 28.7. The summed E-state index contributed by atoms with van der Waals surface area (Å²) >= 11 is 0. The maximum absolute atomic E-state index is 13.6. The smallest absolute Gasteiger partial charge is 0.387 e. The summed E-state index contributed by atoms with van der Waals surface area (Å²) < 4.78 is 42.4. The molecule has 2 amide bonds. The minimum atomic E-state index is -3.08. The van der Waals surface area contributed by atoms with Crippen LogP contribution in [0.25, 0.3) is 0 Å². The number of carbonyl (C=O) groups is 2. The Morgan fingerprint density at radius 2 is 1.70 bits per heavy atom. The molecule has 2 aliphatic rings. The Hall–Kier alpha value is -2.33. The molecule has 166 valence electrons. The Labute approximate surface area is 173 Å². The normalized spacial score (nSPS) is 21.8. The van der Waals surface area contributed by atoms with Crippen LogP contribution in [0, 0.1) is 5.82 Å². The van der Waals surface area contributed by atoms with Gasteiger partial charge in [0.05, 0.1) is 13.1 Å². The van der Waals surface area contributed by atoms with E-state index in [1.54, 1.807) is 0 Å². The number of benzene rings is 1. The van der Waals surface area contributed by atoms with Gasteiger partial charge in [0.2, 0.25) is 11.8 Å². The van der Waals surface area contributed by atoms with Crippen LogP contribution < -0.4 is 15.4 Å². The Morgan fingerprint density at radius 1 is 1.10 bits per heavy atom. The van der Waals surface area contributed by atoms with Crippen molar-refractivity contribution in [3.63, 3.8) is 0 Å². The second kappa shape index (κ2) is 8.81. The molecule has 2 bridgehead atoms. The third kappa shape index (κ3) is 6.09. The number of fused-ring (bicyclic) bond motifs is 2. The molecular weight excluding hydrogens is 401 g/mol. The zero-order chi connectivity index (χ0) is 22.1. The summed E-state index contributed by atoms with van der Waals surface area (Å²) in [6, 6.07) is 3.38. The molecule has 1 aromatic rings. The molecule has 7 nitrogen and oxygen atoms in total. The number of alkyl halides is 2. The van der Waals surface area contributed by atoms with E-state index in [9.17, 15) is 22.8 Å². The number of anilines is 1. The highest BCUT2D eigenvalue weighted by Gasteiger charge is 2.44. The maximum Gasteiger partial charge on any atom is 0.387 e. The Balaban J connectivity index is 1.49. The van der Waals surface area contributed by atoms with Gasteiger partial charge in [-0.1, -0.05) is 0 Å². The number of hydrogen-bond acceptors (Lipinski definition) is 5. The number of likely N-dealkylation sites (tertiary alicyclic amines) is 2. The summed E-state index contributed by atoms with van der Waals surface area (Å²) in [6.07, 6.45) is 0.877. The molecule has 1 aromatic carbocycles. The molecular formula is C20H27F3N4O3. The molecule has 2 fully saturated rings. The van der Waals surface area contributed by atoms with Crippen LogP contribution in [0.5, 0.6) is 5.75 Å². The van der Waals surface area contributed by atoms with Crippen molar-refractivity contribution < 1.29 is 27.5 Å². The van der Waals surface area contributed by atoms with Crippen molar-refractivity contribution in [2.24, 2.45) is 0 Å². The Kier molecular flexibility index (Phi) is 6.56. The molecule has 30 heavy (non-hydrogen) atoms. The molecule has 0 aromatic heterocycles. The zero-order valence-corrected chi connectivity index (χ0v) is 17.3. The highest BCUT2D eigenvalue weighted by Crippen LogP contribution is 2.30. The first-order valence-corrected chi connectivity index (χ1v) is 9.83. The van der Waals surface area contributed by atoms with Crippen LogP contribution in [0.2, 0.25) is 0 Å². The van der Waals surface area contributed by atoms with E-state index in [-0.39, 0.29) is 47.4 Å². The lowest BCUT2D eigenvalue weighted by Gasteiger charge is -2.34. The van der Waals surface area contributed by atoms with Gasteiger partial charge in [0.15, 0.2) is 0 Å². The Bertz CT molecular complexity index is 800. The number of piperazine rings is 1.